The average Bonchev–Trinajstić information content (AvgIpc) is 2.96. The van der Waals surface area contributed by atoms with Gasteiger partial charge in [-0.2, -0.15) is 11.8 Å². The van der Waals surface area contributed by atoms with Gasteiger partial charge in [-0.15, -0.1) is 0 Å². The lowest BCUT2D eigenvalue weighted by molar-refractivity contribution is -0.116. The van der Waals surface area contributed by atoms with Crippen LogP contribution in [0.5, 0.6) is 0 Å². The highest BCUT2D eigenvalue weighted by molar-refractivity contribution is 9.10. The Morgan fingerprint density at radius 1 is 1.27 bits per heavy atom. The van der Waals surface area contributed by atoms with E-state index in [2.05, 4.69) is 15.9 Å². The molecule has 2 atom stereocenters. The molecule has 2 unspecified atom stereocenters. The summed E-state index contributed by atoms with van der Waals surface area (Å²) >= 11 is 5.15. The van der Waals surface area contributed by atoms with Crippen molar-refractivity contribution in [2.45, 2.75) is 36.9 Å². The van der Waals surface area contributed by atoms with E-state index in [1.54, 1.807) is 0 Å². The molecule has 0 amide bonds. The third-order valence-corrected chi connectivity index (χ3v) is 6.56. The van der Waals surface area contributed by atoms with Crippen LogP contribution in [0.3, 0.4) is 0 Å². The third-order valence-electron chi connectivity index (χ3n) is 4.61. The quantitative estimate of drug-likeness (QED) is 0.711. The number of fused-ring (bicyclic) bond motifs is 1. The first kappa shape index (κ1) is 14.6. The second-order valence-electron chi connectivity index (χ2n) is 5.93. The van der Waals surface area contributed by atoms with Crippen LogP contribution in [0.15, 0.2) is 38.9 Å². The molecule has 1 saturated heterocycles. The van der Waals surface area contributed by atoms with Crippen molar-refractivity contribution in [2.24, 2.45) is 4.99 Å². The van der Waals surface area contributed by atoms with Crippen molar-refractivity contribution in [3.05, 3.63) is 45.3 Å². The minimum atomic E-state index is -0.267. The molecule has 22 heavy (non-hydrogen) atoms. The molecule has 3 aliphatic rings. The van der Waals surface area contributed by atoms with E-state index in [4.69, 9.17) is 4.99 Å². The van der Waals surface area contributed by atoms with Gasteiger partial charge in [-0.3, -0.25) is 9.79 Å². The lowest BCUT2D eigenvalue weighted by Gasteiger charge is -2.33. The zero-order valence-corrected chi connectivity index (χ0v) is 14.3. The standard InChI is InChI=1S/C17H15BrFNOS/c18-10-8-9(4-5-11(10)19)15-16-12(2-1-3-14(16)21)20-13-6-7-22-17(13)15/h4-5,8,15,17H,1-3,6-7H2. The van der Waals surface area contributed by atoms with Crippen LogP contribution in [0, 0.1) is 5.82 Å². The third kappa shape index (κ3) is 2.29. The summed E-state index contributed by atoms with van der Waals surface area (Å²) in [4.78, 5) is 17.3. The summed E-state index contributed by atoms with van der Waals surface area (Å²) in [5.41, 5.74) is 4.09. The van der Waals surface area contributed by atoms with Gasteiger partial charge in [0.1, 0.15) is 5.82 Å². The number of halogens is 2. The molecule has 2 nitrogen and oxygen atoms in total. The fourth-order valence-electron chi connectivity index (χ4n) is 3.62. The van der Waals surface area contributed by atoms with Crippen molar-refractivity contribution >= 4 is 39.2 Å². The van der Waals surface area contributed by atoms with Crippen molar-refractivity contribution < 1.29 is 9.18 Å². The van der Waals surface area contributed by atoms with Gasteiger partial charge in [0.25, 0.3) is 0 Å². The molecule has 0 radical (unpaired) electrons. The monoisotopic (exact) mass is 379 g/mol. The fraction of sp³-hybridized carbons (Fsp3) is 0.412. The van der Waals surface area contributed by atoms with Gasteiger partial charge in [0, 0.05) is 29.3 Å². The van der Waals surface area contributed by atoms with Crippen molar-refractivity contribution in [1.29, 1.82) is 0 Å². The first-order chi connectivity index (χ1) is 10.6. The predicted molar refractivity (Wildman–Crippen MR) is 91.0 cm³/mol. The lowest BCUT2D eigenvalue weighted by Crippen LogP contribution is -2.32. The number of carbonyl (C=O) groups excluding carboxylic acids is 1. The van der Waals surface area contributed by atoms with E-state index in [1.807, 2.05) is 23.9 Å². The first-order valence-electron chi connectivity index (χ1n) is 7.55. The largest absolute Gasteiger partial charge is 0.294 e. The Bertz CT molecular complexity index is 727. The number of rotatable bonds is 1. The molecule has 5 heteroatoms. The van der Waals surface area contributed by atoms with Gasteiger partial charge in [0.05, 0.1) is 9.72 Å². The van der Waals surface area contributed by atoms with Gasteiger partial charge >= 0.3 is 0 Å². The Morgan fingerprint density at radius 2 is 2.14 bits per heavy atom. The first-order valence-corrected chi connectivity index (χ1v) is 9.39. The van der Waals surface area contributed by atoms with E-state index in [9.17, 15) is 9.18 Å². The Morgan fingerprint density at radius 3 is 2.95 bits per heavy atom. The molecule has 1 aromatic rings. The maximum atomic E-state index is 13.6. The van der Waals surface area contributed by atoms with Gasteiger partial charge in [0.15, 0.2) is 5.78 Å². The summed E-state index contributed by atoms with van der Waals surface area (Å²) in [6, 6.07) is 5.13. The molecule has 0 aromatic heterocycles. The number of allylic oxidation sites excluding steroid dienone is 2. The van der Waals surface area contributed by atoms with Gasteiger partial charge in [-0.05, 0) is 58.6 Å². The van der Waals surface area contributed by atoms with Gasteiger partial charge in [-0.25, -0.2) is 4.39 Å². The second kappa shape index (κ2) is 5.60. The van der Waals surface area contributed by atoms with Crippen molar-refractivity contribution in [3.8, 4) is 0 Å². The fourth-order valence-corrected chi connectivity index (χ4v) is 5.45. The van der Waals surface area contributed by atoms with E-state index in [-0.39, 0.29) is 22.8 Å². The molecule has 2 heterocycles. The van der Waals surface area contributed by atoms with Gasteiger partial charge in [0.2, 0.25) is 0 Å². The molecule has 114 valence electrons. The number of thioether (sulfide) groups is 1. The Kier molecular flexibility index (Phi) is 3.73. The number of nitrogens with zero attached hydrogens (tertiary/aromatic N) is 1. The van der Waals surface area contributed by atoms with E-state index in [1.165, 1.54) is 11.8 Å². The molecule has 0 saturated carbocycles. The highest BCUT2D eigenvalue weighted by Gasteiger charge is 2.42. The number of hydrogen-bond acceptors (Lipinski definition) is 3. The highest BCUT2D eigenvalue weighted by Crippen LogP contribution is 2.47. The second-order valence-corrected chi connectivity index (χ2v) is 8.04. The summed E-state index contributed by atoms with van der Waals surface area (Å²) in [6.45, 7) is 0. The molecular formula is C17H15BrFNOS. The summed E-state index contributed by atoms with van der Waals surface area (Å²) < 4.78 is 14.0. The smallest absolute Gasteiger partial charge is 0.161 e. The summed E-state index contributed by atoms with van der Waals surface area (Å²) in [5.74, 6) is 1.04. The van der Waals surface area contributed by atoms with Crippen LogP contribution in [0.1, 0.15) is 37.2 Å². The van der Waals surface area contributed by atoms with Crippen LogP contribution in [-0.2, 0) is 4.79 Å². The molecule has 0 N–H and O–H groups in total. The van der Waals surface area contributed by atoms with Crippen LogP contribution in [0.25, 0.3) is 0 Å². The molecular weight excluding hydrogens is 365 g/mol. The number of Topliss-reactive ketones (excluding diaryl/α,β-unsaturated/α-hetero) is 1. The van der Waals surface area contributed by atoms with E-state index in [0.29, 0.717) is 10.9 Å². The predicted octanol–water partition coefficient (Wildman–Crippen LogP) is 4.64. The SMILES string of the molecule is O=C1CCCC2=C1C(c1ccc(F)c(Br)c1)C1SCCC1=N2. The van der Waals surface area contributed by atoms with Crippen molar-refractivity contribution in [3.63, 3.8) is 0 Å². The molecule has 2 aliphatic heterocycles. The summed E-state index contributed by atoms with van der Waals surface area (Å²) in [6.07, 6.45) is 3.39. The van der Waals surface area contributed by atoms with Crippen molar-refractivity contribution in [1.82, 2.24) is 0 Å². The Labute approximate surface area is 141 Å². The topological polar surface area (TPSA) is 29.4 Å². The van der Waals surface area contributed by atoms with Gasteiger partial charge in [-0.1, -0.05) is 6.07 Å². The number of carbonyl (C=O) groups is 1. The maximum absolute atomic E-state index is 13.6. The molecule has 4 rings (SSSR count). The number of hydrogen-bond donors (Lipinski definition) is 0. The molecule has 0 bridgehead atoms. The van der Waals surface area contributed by atoms with Crippen LogP contribution >= 0.6 is 27.7 Å². The highest BCUT2D eigenvalue weighted by atomic mass is 79.9. The van der Waals surface area contributed by atoms with Crippen LogP contribution in [0.2, 0.25) is 0 Å². The van der Waals surface area contributed by atoms with Gasteiger partial charge < -0.3 is 0 Å². The zero-order valence-electron chi connectivity index (χ0n) is 11.9. The number of benzene rings is 1. The van der Waals surface area contributed by atoms with Crippen LogP contribution in [-0.4, -0.2) is 22.5 Å². The Hall–Kier alpha value is -0.940. The zero-order chi connectivity index (χ0) is 15.3. The minimum Gasteiger partial charge on any atom is -0.294 e. The molecule has 0 spiro atoms. The van der Waals surface area contributed by atoms with Crippen molar-refractivity contribution in [2.75, 3.05) is 5.75 Å². The summed E-state index contributed by atoms with van der Waals surface area (Å²) in [7, 11) is 0. The number of aliphatic imine (C=N–C) groups is 1. The number of ketones is 1. The Balaban J connectivity index is 1.87. The van der Waals surface area contributed by atoms with Crippen LogP contribution in [0.4, 0.5) is 4.39 Å². The summed E-state index contributed by atoms with van der Waals surface area (Å²) in [5, 5.41) is 0.234. The molecule has 1 aromatic carbocycles. The maximum Gasteiger partial charge on any atom is 0.161 e. The molecule has 1 aliphatic carbocycles. The van der Waals surface area contributed by atoms with E-state index >= 15 is 0 Å². The van der Waals surface area contributed by atoms with E-state index in [0.717, 1.165) is 41.8 Å². The normalized spacial score (nSPS) is 27.5. The van der Waals surface area contributed by atoms with Crippen LogP contribution < -0.4 is 0 Å². The van der Waals surface area contributed by atoms with E-state index < -0.39 is 0 Å². The minimum absolute atomic E-state index is 0.0275. The lowest BCUT2D eigenvalue weighted by atomic mass is 9.77. The average molecular weight is 380 g/mol. The molecule has 1 fully saturated rings.